The summed E-state index contributed by atoms with van der Waals surface area (Å²) in [5.41, 5.74) is 3.08. The zero-order valence-electron chi connectivity index (χ0n) is 14.9. The first-order valence-corrected chi connectivity index (χ1v) is 9.05. The average Bonchev–Trinajstić information content (AvgIpc) is 2.41. The van der Waals surface area contributed by atoms with Crippen LogP contribution in [0.1, 0.15) is 52.7 Å². The Bertz CT molecular complexity index is 890. The van der Waals surface area contributed by atoms with Crippen molar-refractivity contribution >= 4 is 37.5 Å². The Morgan fingerprint density at radius 1 is 0.609 bits per heavy atom. The van der Waals surface area contributed by atoms with Crippen LogP contribution in [-0.2, 0) is 10.8 Å². The molecule has 3 rings (SSSR count). The number of rotatable bonds is 0. The van der Waals surface area contributed by atoms with Crippen molar-refractivity contribution in [3.63, 3.8) is 0 Å². The molecule has 0 aliphatic rings. The van der Waals surface area contributed by atoms with Crippen molar-refractivity contribution < 1.29 is 0 Å². The third-order valence-corrected chi connectivity index (χ3v) is 4.98. The molecule has 0 radical (unpaired) electrons. The van der Waals surface area contributed by atoms with E-state index in [1.165, 1.54) is 32.7 Å². The summed E-state index contributed by atoms with van der Waals surface area (Å²) in [6, 6.07) is 15.6. The van der Waals surface area contributed by atoms with Gasteiger partial charge in [0.1, 0.15) is 0 Å². The molecule has 0 aliphatic carbocycles. The summed E-state index contributed by atoms with van der Waals surface area (Å²) in [5, 5.41) is 5.52. The molecule has 0 saturated heterocycles. The van der Waals surface area contributed by atoms with Gasteiger partial charge >= 0.3 is 0 Å². The van der Waals surface area contributed by atoms with Crippen LogP contribution in [0.3, 0.4) is 0 Å². The predicted octanol–water partition coefficient (Wildman–Crippen LogP) is 7.35. The summed E-state index contributed by atoms with van der Waals surface area (Å²) in [6.07, 6.45) is 0. The Morgan fingerprint density at radius 3 is 1.52 bits per heavy atom. The summed E-state index contributed by atoms with van der Waals surface area (Å²) in [7, 11) is 0. The Kier molecular flexibility index (Phi) is 3.84. The second-order valence-corrected chi connectivity index (χ2v) is 9.40. The van der Waals surface area contributed by atoms with E-state index in [1.54, 1.807) is 0 Å². The van der Waals surface area contributed by atoms with Crippen molar-refractivity contribution in [3.05, 3.63) is 58.1 Å². The molecular weight excluding hydrogens is 344 g/mol. The van der Waals surface area contributed by atoms with E-state index in [4.69, 9.17) is 0 Å². The highest BCUT2D eigenvalue weighted by Gasteiger charge is 2.26. The van der Waals surface area contributed by atoms with Crippen LogP contribution in [0.2, 0.25) is 0 Å². The zero-order valence-corrected chi connectivity index (χ0v) is 16.5. The van der Waals surface area contributed by atoms with Gasteiger partial charge in [0, 0.05) is 4.47 Å². The van der Waals surface area contributed by atoms with E-state index in [2.05, 4.69) is 99.9 Å². The SMILES string of the molecule is CC(C)(C)c1c2ccccc2c(C(C)(C)C)c2cc(Br)ccc12. The Morgan fingerprint density at radius 2 is 1.04 bits per heavy atom. The van der Waals surface area contributed by atoms with E-state index < -0.39 is 0 Å². The molecule has 0 N–H and O–H groups in total. The minimum absolute atomic E-state index is 0.0923. The largest absolute Gasteiger partial charge is 0.0616 e. The Balaban J connectivity index is 2.68. The van der Waals surface area contributed by atoms with Gasteiger partial charge in [-0.2, -0.15) is 0 Å². The van der Waals surface area contributed by atoms with Crippen molar-refractivity contribution in [1.82, 2.24) is 0 Å². The molecule has 0 fully saturated rings. The van der Waals surface area contributed by atoms with Crippen LogP contribution in [0.15, 0.2) is 46.9 Å². The summed E-state index contributed by atoms with van der Waals surface area (Å²) in [4.78, 5) is 0. The molecule has 0 nitrogen and oxygen atoms in total. The molecule has 3 aromatic rings. The Hall–Kier alpha value is -1.34. The van der Waals surface area contributed by atoms with Crippen LogP contribution in [0, 0.1) is 0 Å². The van der Waals surface area contributed by atoms with Crippen molar-refractivity contribution in [2.24, 2.45) is 0 Å². The number of fused-ring (bicyclic) bond motifs is 2. The zero-order chi connectivity index (χ0) is 17.0. The van der Waals surface area contributed by atoms with Gasteiger partial charge < -0.3 is 0 Å². The Labute approximate surface area is 148 Å². The van der Waals surface area contributed by atoms with Gasteiger partial charge in [0.2, 0.25) is 0 Å². The van der Waals surface area contributed by atoms with Crippen molar-refractivity contribution in [1.29, 1.82) is 0 Å². The van der Waals surface area contributed by atoms with Crippen LogP contribution >= 0.6 is 15.9 Å². The van der Waals surface area contributed by atoms with Crippen LogP contribution in [0.4, 0.5) is 0 Å². The molecule has 0 unspecified atom stereocenters. The first kappa shape index (κ1) is 16.5. The third kappa shape index (κ3) is 2.80. The lowest BCUT2D eigenvalue weighted by atomic mass is 9.74. The minimum Gasteiger partial charge on any atom is -0.0616 e. The van der Waals surface area contributed by atoms with E-state index in [9.17, 15) is 0 Å². The lowest BCUT2D eigenvalue weighted by molar-refractivity contribution is 0.593. The average molecular weight is 369 g/mol. The molecular formula is C22H25Br. The van der Waals surface area contributed by atoms with E-state index in [0.717, 1.165) is 4.47 Å². The standard InChI is InChI=1S/C22H25Br/c1-21(2,3)19-15-9-7-8-10-16(15)20(22(4,5)6)18-13-14(23)11-12-17(18)19/h7-13H,1-6H3. The summed E-state index contributed by atoms with van der Waals surface area (Å²) < 4.78 is 1.14. The first-order valence-electron chi connectivity index (χ1n) is 8.25. The molecule has 0 heterocycles. The molecule has 0 aliphatic heterocycles. The fourth-order valence-corrected chi connectivity index (χ4v) is 4.13. The van der Waals surface area contributed by atoms with Crippen LogP contribution in [0.5, 0.6) is 0 Å². The number of hydrogen-bond donors (Lipinski definition) is 0. The van der Waals surface area contributed by atoms with E-state index in [-0.39, 0.29) is 10.8 Å². The second-order valence-electron chi connectivity index (χ2n) is 8.49. The van der Waals surface area contributed by atoms with Crippen molar-refractivity contribution in [2.75, 3.05) is 0 Å². The minimum atomic E-state index is 0.0923. The molecule has 23 heavy (non-hydrogen) atoms. The van der Waals surface area contributed by atoms with Gasteiger partial charge in [-0.1, -0.05) is 87.8 Å². The second kappa shape index (κ2) is 5.34. The molecule has 0 atom stereocenters. The lowest BCUT2D eigenvalue weighted by Gasteiger charge is -2.30. The van der Waals surface area contributed by atoms with Gasteiger partial charge in [-0.3, -0.25) is 0 Å². The molecule has 0 amide bonds. The van der Waals surface area contributed by atoms with Gasteiger partial charge in [-0.05, 0) is 55.6 Å². The molecule has 1 heteroatoms. The fraction of sp³-hybridized carbons (Fsp3) is 0.364. The van der Waals surface area contributed by atoms with Crippen molar-refractivity contribution in [2.45, 2.75) is 52.4 Å². The molecule has 120 valence electrons. The third-order valence-electron chi connectivity index (χ3n) is 4.49. The summed E-state index contributed by atoms with van der Waals surface area (Å²) in [5.74, 6) is 0. The summed E-state index contributed by atoms with van der Waals surface area (Å²) in [6.45, 7) is 13.9. The highest BCUT2D eigenvalue weighted by atomic mass is 79.9. The van der Waals surface area contributed by atoms with Gasteiger partial charge in [-0.15, -0.1) is 0 Å². The number of hydrogen-bond acceptors (Lipinski definition) is 0. The molecule has 0 saturated carbocycles. The monoisotopic (exact) mass is 368 g/mol. The van der Waals surface area contributed by atoms with E-state index >= 15 is 0 Å². The number of halogens is 1. The number of benzene rings is 3. The lowest BCUT2D eigenvalue weighted by Crippen LogP contribution is -2.17. The van der Waals surface area contributed by atoms with Crippen LogP contribution < -0.4 is 0 Å². The maximum absolute atomic E-state index is 3.67. The van der Waals surface area contributed by atoms with Crippen molar-refractivity contribution in [3.8, 4) is 0 Å². The maximum atomic E-state index is 3.67. The molecule has 0 aromatic heterocycles. The van der Waals surface area contributed by atoms with Gasteiger partial charge in [-0.25, -0.2) is 0 Å². The fourth-order valence-electron chi connectivity index (χ4n) is 3.77. The molecule has 0 spiro atoms. The maximum Gasteiger partial charge on any atom is 0.0181 e. The molecule has 3 aromatic carbocycles. The van der Waals surface area contributed by atoms with E-state index in [1.807, 2.05) is 0 Å². The topological polar surface area (TPSA) is 0 Å². The normalized spacial score (nSPS) is 13.0. The smallest absolute Gasteiger partial charge is 0.0181 e. The quantitative estimate of drug-likeness (QED) is 0.363. The highest BCUT2D eigenvalue weighted by molar-refractivity contribution is 9.10. The first-order chi connectivity index (χ1) is 10.6. The predicted molar refractivity (Wildman–Crippen MR) is 107 cm³/mol. The summed E-state index contributed by atoms with van der Waals surface area (Å²) >= 11 is 3.67. The van der Waals surface area contributed by atoms with Gasteiger partial charge in [0.25, 0.3) is 0 Å². The van der Waals surface area contributed by atoms with Crippen LogP contribution in [0.25, 0.3) is 21.5 Å². The van der Waals surface area contributed by atoms with Gasteiger partial charge in [0.15, 0.2) is 0 Å². The highest BCUT2D eigenvalue weighted by Crippen LogP contribution is 2.44. The van der Waals surface area contributed by atoms with Gasteiger partial charge in [0.05, 0.1) is 0 Å². The molecule has 0 bridgehead atoms. The van der Waals surface area contributed by atoms with Crippen LogP contribution in [-0.4, -0.2) is 0 Å². The van der Waals surface area contributed by atoms with E-state index in [0.29, 0.717) is 0 Å².